The first kappa shape index (κ1) is 13.9. The Morgan fingerprint density at radius 2 is 2.15 bits per heavy atom. The topological polar surface area (TPSA) is 52.7 Å². The van der Waals surface area contributed by atoms with Gasteiger partial charge in [0, 0.05) is 38.6 Å². The van der Waals surface area contributed by atoms with Gasteiger partial charge in [-0.25, -0.2) is 0 Å². The molecular formula is C15H25N3O2. The van der Waals surface area contributed by atoms with Crippen LogP contribution in [0, 0.1) is 5.41 Å². The van der Waals surface area contributed by atoms with Crippen molar-refractivity contribution in [2.75, 3.05) is 32.7 Å². The molecule has 0 aromatic heterocycles. The number of carbonyl (C=O) groups is 2. The first-order valence-corrected chi connectivity index (χ1v) is 7.89. The number of rotatable bonds is 1. The minimum absolute atomic E-state index is 0.0763. The van der Waals surface area contributed by atoms with Gasteiger partial charge in [-0.15, -0.1) is 0 Å². The molecule has 2 atom stereocenters. The summed E-state index contributed by atoms with van der Waals surface area (Å²) in [5.74, 6) is 0.315. The summed E-state index contributed by atoms with van der Waals surface area (Å²) < 4.78 is 0. The van der Waals surface area contributed by atoms with E-state index in [1.165, 1.54) is 25.8 Å². The van der Waals surface area contributed by atoms with Crippen molar-refractivity contribution in [2.45, 2.75) is 45.1 Å². The monoisotopic (exact) mass is 279 g/mol. The van der Waals surface area contributed by atoms with Gasteiger partial charge in [-0.1, -0.05) is 6.42 Å². The molecule has 0 unspecified atom stereocenters. The molecule has 112 valence electrons. The van der Waals surface area contributed by atoms with E-state index < -0.39 is 5.41 Å². The minimum Gasteiger partial charge on any atom is -0.355 e. The summed E-state index contributed by atoms with van der Waals surface area (Å²) in [5, 5.41) is 2.85. The Morgan fingerprint density at radius 3 is 2.90 bits per heavy atom. The van der Waals surface area contributed by atoms with Gasteiger partial charge >= 0.3 is 0 Å². The molecule has 3 aliphatic heterocycles. The summed E-state index contributed by atoms with van der Waals surface area (Å²) in [6.45, 7) is 6.43. The summed E-state index contributed by atoms with van der Waals surface area (Å²) in [6.07, 6.45) is 4.97. The van der Waals surface area contributed by atoms with Crippen LogP contribution in [0.2, 0.25) is 0 Å². The van der Waals surface area contributed by atoms with Gasteiger partial charge in [-0.3, -0.25) is 14.5 Å². The van der Waals surface area contributed by atoms with Crippen molar-refractivity contribution in [3.05, 3.63) is 0 Å². The quantitative estimate of drug-likeness (QED) is 0.765. The van der Waals surface area contributed by atoms with Gasteiger partial charge < -0.3 is 10.2 Å². The average molecular weight is 279 g/mol. The Labute approximate surface area is 120 Å². The van der Waals surface area contributed by atoms with Crippen LogP contribution < -0.4 is 5.32 Å². The number of piperazine rings is 1. The van der Waals surface area contributed by atoms with Gasteiger partial charge in [-0.2, -0.15) is 0 Å². The molecule has 5 nitrogen and oxygen atoms in total. The van der Waals surface area contributed by atoms with E-state index in [2.05, 4.69) is 10.2 Å². The van der Waals surface area contributed by atoms with Crippen molar-refractivity contribution in [1.82, 2.24) is 15.1 Å². The molecule has 1 N–H and O–H groups in total. The maximum atomic E-state index is 12.8. The first-order valence-electron chi connectivity index (χ1n) is 7.89. The summed E-state index contributed by atoms with van der Waals surface area (Å²) >= 11 is 0. The third-order valence-electron chi connectivity index (χ3n) is 5.22. The second-order valence-corrected chi connectivity index (χ2v) is 6.77. The van der Waals surface area contributed by atoms with Crippen LogP contribution in [0.4, 0.5) is 0 Å². The van der Waals surface area contributed by atoms with E-state index in [0.717, 1.165) is 19.6 Å². The van der Waals surface area contributed by atoms with Gasteiger partial charge in [0.15, 0.2) is 0 Å². The van der Waals surface area contributed by atoms with E-state index in [9.17, 15) is 9.59 Å². The highest BCUT2D eigenvalue weighted by molar-refractivity contribution is 5.86. The van der Waals surface area contributed by atoms with Crippen LogP contribution in [-0.4, -0.2) is 60.4 Å². The van der Waals surface area contributed by atoms with Gasteiger partial charge in [0.05, 0.1) is 5.41 Å². The Hall–Kier alpha value is -1.10. The summed E-state index contributed by atoms with van der Waals surface area (Å²) in [5.41, 5.74) is -0.398. The summed E-state index contributed by atoms with van der Waals surface area (Å²) in [6, 6.07) is 0.559. The molecule has 20 heavy (non-hydrogen) atoms. The minimum atomic E-state index is -0.398. The molecule has 3 heterocycles. The van der Waals surface area contributed by atoms with Crippen LogP contribution in [0.3, 0.4) is 0 Å². The maximum absolute atomic E-state index is 12.8. The number of nitrogens with one attached hydrogen (secondary N) is 1. The zero-order valence-electron chi connectivity index (χ0n) is 12.4. The van der Waals surface area contributed by atoms with Crippen LogP contribution >= 0.6 is 0 Å². The van der Waals surface area contributed by atoms with Crippen molar-refractivity contribution in [3.8, 4) is 0 Å². The molecule has 0 spiro atoms. The fourth-order valence-corrected chi connectivity index (χ4v) is 3.76. The lowest BCUT2D eigenvalue weighted by Crippen LogP contribution is -2.60. The Morgan fingerprint density at radius 1 is 1.30 bits per heavy atom. The number of amides is 2. The first-order chi connectivity index (χ1) is 9.58. The van der Waals surface area contributed by atoms with Crippen molar-refractivity contribution >= 4 is 11.8 Å². The Kier molecular flexibility index (Phi) is 3.71. The van der Waals surface area contributed by atoms with E-state index in [1.807, 2.05) is 11.8 Å². The lowest BCUT2D eigenvalue weighted by molar-refractivity contribution is -0.147. The molecule has 2 amide bonds. The number of carbonyl (C=O) groups excluding carboxylic acids is 2. The second-order valence-electron chi connectivity index (χ2n) is 6.77. The lowest BCUT2D eigenvalue weighted by Gasteiger charge is -2.46. The average Bonchev–Trinajstić information content (AvgIpc) is 2.49. The number of fused-ring (bicyclic) bond motifs is 1. The van der Waals surface area contributed by atoms with Gasteiger partial charge in [0.25, 0.3) is 0 Å². The highest BCUT2D eigenvalue weighted by atomic mass is 16.2. The van der Waals surface area contributed by atoms with Crippen LogP contribution in [0.1, 0.15) is 39.0 Å². The van der Waals surface area contributed by atoms with E-state index in [-0.39, 0.29) is 11.8 Å². The molecule has 3 rings (SSSR count). The zero-order chi connectivity index (χ0) is 14.2. The van der Waals surface area contributed by atoms with E-state index in [1.54, 1.807) is 0 Å². The van der Waals surface area contributed by atoms with Crippen molar-refractivity contribution < 1.29 is 9.59 Å². The van der Waals surface area contributed by atoms with Gasteiger partial charge in [0.1, 0.15) is 0 Å². The molecule has 3 saturated heterocycles. The Balaban J connectivity index is 1.64. The van der Waals surface area contributed by atoms with E-state index in [4.69, 9.17) is 0 Å². The van der Waals surface area contributed by atoms with Crippen molar-refractivity contribution in [2.24, 2.45) is 5.41 Å². The standard InChI is InChI=1S/C15H25N3O2/c1-15(6-5-13(19)16-11-15)14(20)18-9-8-17-7-3-2-4-12(17)10-18/h12H,2-11H2,1H3,(H,16,19)/t12-,15+/m1/s1. The number of nitrogens with zero attached hydrogens (tertiary/aromatic N) is 2. The molecular weight excluding hydrogens is 254 g/mol. The zero-order valence-corrected chi connectivity index (χ0v) is 12.4. The lowest BCUT2D eigenvalue weighted by atomic mass is 9.80. The predicted molar refractivity (Wildman–Crippen MR) is 76.1 cm³/mol. The SMILES string of the molecule is C[C@]1(C(=O)N2CCN3CCCC[C@@H]3C2)CCC(=O)NC1. The third-order valence-corrected chi connectivity index (χ3v) is 5.22. The highest BCUT2D eigenvalue weighted by Crippen LogP contribution is 2.30. The number of hydrogen-bond acceptors (Lipinski definition) is 3. The molecule has 3 aliphatic rings. The molecule has 3 fully saturated rings. The van der Waals surface area contributed by atoms with Crippen molar-refractivity contribution in [1.29, 1.82) is 0 Å². The fourth-order valence-electron chi connectivity index (χ4n) is 3.76. The molecule has 0 saturated carbocycles. The molecule has 0 aliphatic carbocycles. The van der Waals surface area contributed by atoms with Crippen molar-refractivity contribution in [3.63, 3.8) is 0 Å². The molecule has 0 aromatic rings. The second kappa shape index (κ2) is 5.35. The largest absolute Gasteiger partial charge is 0.355 e. The smallest absolute Gasteiger partial charge is 0.230 e. The molecule has 0 bridgehead atoms. The number of hydrogen-bond donors (Lipinski definition) is 1. The van der Waals surface area contributed by atoms with E-state index >= 15 is 0 Å². The normalized spacial score (nSPS) is 35.4. The Bertz CT molecular complexity index is 400. The predicted octanol–water partition coefficient (Wildman–Crippen LogP) is 0.599. The maximum Gasteiger partial charge on any atom is 0.230 e. The molecule has 5 heteroatoms. The fraction of sp³-hybridized carbons (Fsp3) is 0.867. The highest BCUT2D eigenvalue weighted by Gasteiger charge is 2.42. The molecule has 0 radical (unpaired) electrons. The summed E-state index contributed by atoms with van der Waals surface area (Å²) in [4.78, 5) is 28.7. The van der Waals surface area contributed by atoms with Gasteiger partial charge in [-0.05, 0) is 32.7 Å². The van der Waals surface area contributed by atoms with Gasteiger partial charge in [0.2, 0.25) is 11.8 Å². The van der Waals surface area contributed by atoms with Crippen LogP contribution in [0.5, 0.6) is 0 Å². The van der Waals surface area contributed by atoms with Crippen LogP contribution in [-0.2, 0) is 9.59 Å². The van der Waals surface area contributed by atoms with Crippen LogP contribution in [0.25, 0.3) is 0 Å². The number of piperidine rings is 2. The third kappa shape index (κ3) is 2.55. The molecule has 0 aromatic carbocycles. The van der Waals surface area contributed by atoms with Crippen LogP contribution in [0.15, 0.2) is 0 Å². The van der Waals surface area contributed by atoms with E-state index in [0.29, 0.717) is 25.4 Å². The summed E-state index contributed by atoms with van der Waals surface area (Å²) in [7, 11) is 0.